The quantitative estimate of drug-likeness (QED) is 0.0335. The molecular weight excluding hydrogens is 1010 g/mol. The van der Waals surface area contributed by atoms with E-state index in [9.17, 15) is 0 Å². The molecule has 0 radical (unpaired) electrons. The fourth-order valence-corrected chi connectivity index (χ4v) is 10.4. The van der Waals surface area contributed by atoms with E-state index in [1.807, 2.05) is 67.8 Å². The molecule has 3 aromatic carbocycles. The minimum absolute atomic E-state index is 0.458. The molecule has 0 fully saturated rings. The highest BCUT2D eigenvalue weighted by molar-refractivity contribution is 5.74. The topological polar surface area (TPSA) is 146 Å². The van der Waals surface area contributed by atoms with Crippen LogP contribution in [0, 0.1) is 0 Å². The van der Waals surface area contributed by atoms with E-state index in [1.54, 1.807) is 0 Å². The maximum atomic E-state index is 6.53. The van der Waals surface area contributed by atoms with Crippen LogP contribution in [0.25, 0.3) is 51.5 Å². The van der Waals surface area contributed by atoms with Crippen molar-refractivity contribution in [3.63, 3.8) is 0 Å². The van der Waals surface area contributed by atoms with Crippen LogP contribution in [0.4, 0.5) is 0 Å². The highest BCUT2D eigenvalue weighted by Gasteiger charge is 2.27. The molecule has 7 aromatic rings. The summed E-state index contributed by atoms with van der Waals surface area (Å²) in [7, 11) is 0. The zero-order valence-electron chi connectivity index (χ0n) is 50.6. The molecular formula is C66H99N9O6. The van der Waals surface area contributed by atoms with Crippen molar-refractivity contribution in [2.75, 3.05) is 39.6 Å². The molecule has 0 bridgehead atoms. The van der Waals surface area contributed by atoms with Crippen LogP contribution in [0.1, 0.15) is 234 Å². The summed E-state index contributed by atoms with van der Waals surface area (Å²) in [6.07, 6.45) is 34.3. The lowest BCUT2D eigenvalue weighted by Gasteiger charge is -2.14. The van der Waals surface area contributed by atoms with E-state index in [0.717, 1.165) is 93.7 Å². The lowest BCUT2D eigenvalue weighted by molar-refractivity contribution is 0.290. The van der Waals surface area contributed by atoms with Crippen LogP contribution in [-0.2, 0) is 0 Å². The Bertz CT molecular complexity index is 2440. The Balaban J connectivity index is 1.38. The van der Waals surface area contributed by atoms with Crippen molar-refractivity contribution in [1.82, 2.24) is 43.8 Å². The van der Waals surface area contributed by atoms with Crippen LogP contribution in [0.15, 0.2) is 54.6 Å². The Morgan fingerprint density at radius 2 is 0.420 bits per heavy atom. The molecule has 0 saturated heterocycles. The van der Waals surface area contributed by atoms with Gasteiger partial charge in [0.25, 0.3) is 0 Å². The zero-order valence-corrected chi connectivity index (χ0v) is 50.6. The third kappa shape index (κ3) is 19.2. The average Bonchev–Trinajstić information content (AvgIpc) is 4.26. The minimum atomic E-state index is 0.458. The molecule has 0 aliphatic carbocycles. The lowest BCUT2D eigenvalue weighted by atomic mass is 10.1. The number of benzene rings is 3. The first-order valence-electron chi connectivity index (χ1n) is 32.1. The summed E-state index contributed by atoms with van der Waals surface area (Å²) in [6, 6.07) is 18.2. The van der Waals surface area contributed by atoms with Crippen molar-refractivity contribution < 1.29 is 28.4 Å². The minimum Gasteiger partial charge on any atom is -0.493 e. The molecule has 0 aliphatic rings. The van der Waals surface area contributed by atoms with Crippen molar-refractivity contribution in [3.05, 3.63) is 54.6 Å². The smallest absolute Gasteiger partial charge is 0.247 e. The first kappa shape index (κ1) is 62.5. The third-order valence-electron chi connectivity index (χ3n) is 15.1. The molecule has 81 heavy (non-hydrogen) atoms. The van der Waals surface area contributed by atoms with E-state index in [4.69, 9.17) is 59.0 Å². The number of nitrogens with zero attached hydrogens (tertiary/aromatic N) is 9. The number of hydrogen-bond acceptors (Lipinski definition) is 12. The van der Waals surface area contributed by atoms with Gasteiger partial charge in [0.2, 0.25) is 17.3 Å². The molecule has 444 valence electrons. The SMILES string of the molecule is CCCCCCCOc1cc(OCCCCCCC)cc(-c2nnc3n2c2nnc(-c4cc(OCCCCCCC)cc(OCCCCCCC)c4)n2c2nnc(-c4cc(OCCCCCCC)cc(OCCCCCCC)c4)n32)c1. The van der Waals surface area contributed by atoms with Gasteiger partial charge >= 0.3 is 0 Å². The monoisotopic (exact) mass is 1110 g/mol. The van der Waals surface area contributed by atoms with Gasteiger partial charge in [-0.05, 0) is 74.9 Å². The van der Waals surface area contributed by atoms with Crippen molar-refractivity contribution in [2.24, 2.45) is 0 Å². The Hall–Kier alpha value is -6.12. The normalized spacial score (nSPS) is 11.6. The van der Waals surface area contributed by atoms with Gasteiger partial charge in [0.05, 0.1) is 39.6 Å². The Labute approximate surface area is 484 Å². The number of ether oxygens (including phenoxy) is 6. The standard InChI is InChI=1S/C66H99N9O6/c1-7-13-19-25-31-37-76-55-43-52(44-56(49-55)77-38-32-26-20-14-8-2)61-67-70-64-73(61)65-71-68-62(53-45-57(78-39-33-27-21-15-9-3)50-58(46-53)79-40-34-28-22-16-10-4)75(65)66-72-69-63(74(64)66)54-47-59(80-41-35-29-23-17-11-5)51-60(48-54)81-42-36-30-24-18-12-6/h43-51H,7-42H2,1-6H3. The molecule has 0 amide bonds. The molecule has 0 N–H and O–H groups in total. The number of hydrogen-bond donors (Lipinski definition) is 0. The van der Waals surface area contributed by atoms with E-state index < -0.39 is 0 Å². The third-order valence-corrected chi connectivity index (χ3v) is 15.1. The maximum absolute atomic E-state index is 6.53. The summed E-state index contributed by atoms with van der Waals surface area (Å²) in [5, 5.41) is 29.9. The molecule has 4 aromatic heterocycles. The predicted octanol–water partition coefficient (Wildman–Crippen LogP) is 17.9. The van der Waals surface area contributed by atoms with Crippen molar-refractivity contribution in [3.8, 4) is 68.7 Å². The summed E-state index contributed by atoms with van der Waals surface area (Å²) in [6.45, 7) is 17.1. The van der Waals surface area contributed by atoms with Gasteiger partial charge in [0, 0.05) is 34.9 Å². The summed E-state index contributed by atoms with van der Waals surface area (Å²) in [4.78, 5) is 0. The molecule has 0 atom stereocenters. The molecule has 0 aliphatic heterocycles. The van der Waals surface area contributed by atoms with Crippen molar-refractivity contribution in [1.29, 1.82) is 0 Å². The van der Waals surface area contributed by atoms with Gasteiger partial charge in [0.15, 0.2) is 17.5 Å². The fraction of sp³-hybridized carbons (Fsp3) is 0.636. The first-order valence-corrected chi connectivity index (χ1v) is 32.1. The average molecular weight is 1110 g/mol. The van der Waals surface area contributed by atoms with Crippen LogP contribution >= 0.6 is 0 Å². The summed E-state index contributed by atoms with van der Waals surface area (Å²) >= 11 is 0. The predicted molar refractivity (Wildman–Crippen MR) is 328 cm³/mol. The Kier molecular flexibility index (Phi) is 27.5. The Morgan fingerprint density at radius 3 is 0.605 bits per heavy atom. The fourth-order valence-electron chi connectivity index (χ4n) is 10.4. The number of fused-ring (bicyclic) bond motifs is 6. The zero-order chi connectivity index (χ0) is 56.7. The van der Waals surface area contributed by atoms with Gasteiger partial charge < -0.3 is 28.4 Å². The van der Waals surface area contributed by atoms with E-state index in [1.165, 1.54) is 116 Å². The van der Waals surface area contributed by atoms with Gasteiger partial charge in [-0.25, -0.2) is 13.2 Å². The number of unbranched alkanes of at least 4 members (excludes halogenated alkanes) is 24. The van der Waals surface area contributed by atoms with E-state index in [-0.39, 0.29) is 0 Å². The first-order chi connectivity index (χ1) is 40.0. The highest BCUT2D eigenvalue weighted by atomic mass is 16.5. The maximum Gasteiger partial charge on any atom is 0.247 e. The molecule has 7 rings (SSSR count). The molecule has 0 unspecified atom stereocenters. The molecule has 4 heterocycles. The number of rotatable bonds is 45. The second kappa shape index (κ2) is 35.7. The highest BCUT2D eigenvalue weighted by Crippen LogP contribution is 2.36. The van der Waals surface area contributed by atoms with Crippen molar-refractivity contribution >= 4 is 17.3 Å². The van der Waals surface area contributed by atoms with Gasteiger partial charge in [-0.1, -0.05) is 196 Å². The summed E-state index contributed by atoms with van der Waals surface area (Å²) in [5.74, 6) is 7.27. The largest absolute Gasteiger partial charge is 0.493 e. The van der Waals surface area contributed by atoms with Crippen LogP contribution in [0.5, 0.6) is 34.5 Å². The van der Waals surface area contributed by atoms with Gasteiger partial charge in [-0.3, -0.25) is 0 Å². The summed E-state index contributed by atoms with van der Waals surface area (Å²) < 4.78 is 45.0. The molecule has 15 nitrogen and oxygen atoms in total. The summed E-state index contributed by atoms with van der Waals surface area (Å²) in [5.41, 5.74) is 2.29. The van der Waals surface area contributed by atoms with Gasteiger partial charge in [0.1, 0.15) is 34.5 Å². The van der Waals surface area contributed by atoms with Gasteiger partial charge in [-0.2, -0.15) is 0 Å². The van der Waals surface area contributed by atoms with Gasteiger partial charge in [-0.15, -0.1) is 30.6 Å². The van der Waals surface area contributed by atoms with Crippen LogP contribution in [0.2, 0.25) is 0 Å². The molecule has 0 spiro atoms. The van der Waals surface area contributed by atoms with E-state index in [0.29, 0.717) is 109 Å². The molecule has 0 saturated carbocycles. The Morgan fingerprint density at radius 1 is 0.235 bits per heavy atom. The van der Waals surface area contributed by atoms with Crippen molar-refractivity contribution in [2.45, 2.75) is 234 Å². The van der Waals surface area contributed by atoms with Crippen LogP contribution in [-0.4, -0.2) is 83.4 Å². The number of aromatic nitrogens is 9. The second-order valence-electron chi connectivity index (χ2n) is 22.1. The lowest BCUT2D eigenvalue weighted by Crippen LogP contribution is -2.08. The molecule has 15 heteroatoms. The van der Waals surface area contributed by atoms with E-state index >= 15 is 0 Å². The van der Waals surface area contributed by atoms with E-state index in [2.05, 4.69) is 41.5 Å². The van der Waals surface area contributed by atoms with Crippen LogP contribution in [0.3, 0.4) is 0 Å². The second-order valence-corrected chi connectivity index (χ2v) is 22.1. The van der Waals surface area contributed by atoms with Crippen LogP contribution < -0.4 is 28.4 Å².